The van der Waals surface area contributed by atoms with E-state index in [1.807, 2.05) is 18.2 Å². The third-order valence-electron chi connectivity index (χ3n) is 1.99. The van der Waals surface area contributed by atoms with E-state index >= 15 is 0 Å². The first-order valence-corrected chi connectivity index (χ1v) is 4.58. The summed E-state index contributed by atoms with van der Waals surface area (Å²) in [4.78, 5) is 0. The Kier molecular flexibility index (Phi) is 3.58. The molecule has 0 amide bonds. The topological polar surface area (TPSA) is 64.1 Å². The zero-order valence-electron chi connectivity index (χ0n) is 8.01. The highest BCUT2D eigenvalue weighted by Gasteiger charge is 1.98. The van der Waals surface area contributed by atoms with Crippen LogP contribution in [0.4, 0.5) is 11.4 Å². The number of hydrogen-bond acceptors (Lipinski definition) is 3. The molecule has 0 aromatic heterocycles. The third kappa shape index (κ3) is 2.95. The monoisotopic (exact) mass is 179 g/mol. The summed E-state index contributed by atoms with van der Waals surface area (Å²) in [5.74, 6) is 0. The van der Waals surface area contributed by atoms with Crippen LogP contribution in [0.2, 0.25) is 0 Å². The third-order valence-corrected chi connectivity index (χ3v) is 1.99. The van der Waals surface area contributed by atoms with E-state index in [4.69, 9.17) is 11.5 Å². The van der Waals surface area contributed by atoms with Crippen LogP contribution in [-0.2, 0) is 6.42 Å². The van der Waals surface area contributed by atoms with Crippen LogP contribution in [0.5, 0.6) is 0 Å². The maximum absolute atomic E-state index is 5.79. The van der Waals surface area contributed by atoms with Crippen molar-refractivity contribution in [1.29, 1.82) is 0 Å². The van der Waals surface area contributed by atoms with Gasteiger partial charge in [-0.15, -0.1) is 0 Å². The van der Waals surface area contributed by atoms with Crippen molar-refractivity contribution < 1.29 is 0 Å². The first-order valence-electron chi connectivity index (χ1n) is 4.58. The molecule has 0 radical (unpaired) electrons. The highest BCUT2D eigenvalue weighted by atomic mass is 14.8. The number of rotatable bonds is 4. The molecular formula is C10H17N3. The molecule has 0 aliphatic rings. The summed E-state index contributed by atoms with van der Waals surface area (Å²) < 4.78 is 0. The lowest BCUT2D eigenvalue weighted by Crippen LogP contribution is -2.16. The highest BCUT2D eigenvalue weighted by Crippen LogP contribution is 2.15. The molecule has 0 bridgehead atoms. The number of nitrogens with one attached hydrogen (secondary N) is 1. The molecule has 0 aliphatic heterocycles. The van der Waals surface area contributed by atoms with Crippen molar-refractivity contribution in [1.82, 2.24) is 5.32 Å². The first kappa shape index (κ1) is 9.86. The Morgan fingerprint density at radius 3 is 2.77 bits per heavy atom. The Morgan fingerprint density at radius 2 is 2.08 bits per heavy atom. The molecule has 0 spiro atoms. The summed E-state index contributed by atoms with van der Waals surface area (Å²) in [6, 6.07) is 5.62. The number of likely N-dealkylation sites (N-methyl/N-ethyl adjacent to an activating group) is 1. The van der Waals surface area contributed by atoms with E-state index in [1.165, 1.54) is 0 Å². The number of benzene rings is 1. The van der Waals surface area contributed by atoms with Crippen LogP contribution < -0.4 is 16.8 Å². The van der Waals surface area contributed by atoms with Crippen molar-refractivity contribution in [2.75, 3.05) is 24.6 Å². The van der Waals surface area contributed by atoms with Gasteiger partial charge in [0.05, 0.1) is 0 Å². The van der Waals surface area contributed by atoms with E-state index in [0.717, 1.165) is 36.4 Å². The average Bonchev–Trinajstić information content (AvgIpc) is 2.11. The Labute approximate surface area is 79.1 Å². The number of hydrogen-bond donors (Lipinski definition) is 3. The van der Waals surface area contributed by atoms with Crippen LogP contribution in [0, 0.1) is 0 Å². The van der Waals surface area contributed by atoms with Crippen LogP contribution in [0.3, 0.4) is 0 Å². The smallest absolute Gasteiger partial charge is 0.0348 e. The number of anilines is 2. The van der Waals surface area contributed by atoms with Gasteiger partial charge in [0.15, 0.2) is 0 Å². The van der Waals surface area contributed by atoms with E-state index in [-0.39, 0.29) is 0 Å². The molecule has 0 saturated heterocycles. The van der Waals surface area contributed by atoms with Gasteiger partial charge in [0, 0.05) is 11.4 Å². The van der Waals surface area contributed by atoms with Gasteiger partial charge in [-0.1, -0.05) is 6.92 Å². The Bertz CT molecular complexity index is 271. The first-order chi connectivity index (χ1) is 6.24. The van der Waals surface area contributed by atoms with Gasteiger partial charge in [-0.2, -0.15) is 0 Å². The summed E-state index contributed by atoms with van der Waals surface area (Å²) in [6.45, 7) is 4.02. The molecule has 0 unspecified atom stereocenters. The second-order valence-electron chi connectivity index (χ2n) is 3.06. The molecule has 3 heteroatoms. The molecular weight excluding hydrogens is 162 g/mol. The Balaban J connectivity index is 2.59. The summed E-state index contributed by atoms with van der Waals surface area (Å²) in [5.41, 5.74) is 14.2. The SMILES string of the molecule is CCNCCc1cc(N)ccc1N. The van der Waals surface area contributed by atoms with Crippen molar-refractivity contribution in [3.8, 4) is 0 Å². The molecule has 0 fully saturated rings. The van der Waals surface area contributed by atoms with Gasteiger partial charge in [0.2, 0.25) is 0 Å². The second kappa shape index (κ2) is 4.72. The summed E-state index contributed by atoms with van der Waals surface area (Å²) in [6.07, 6.45) is 0.935. The molecule has 72 valence electrons. The maximum Gasteiger partial charge on any atom is 0.0348 e. The van der Waals surface area contributed by atoms with Crippen LogP contribution in [0.25, 0.3) is 0 Å². The van der Waals surface area contributed by atoms with Crippen LogP contribution in [0.15, 0.2) is 18.2 Å². The summed E-state index contributed by atoms with van der Waals surface area (Å²) in [7, 11) is 0. The van der Waals surface area contributed by atoms with Crippen LogP contribution in [0.1, 0.15) is 12.5 Å². The van der Waals surface area contributed by atoms with Gasteiger partial charge in [-0.3, -0.25) is 0 Å². The quantitative estimate of drug-likeness (QED) is 0.477. The second-order valence-corrected chi connectivity index (χ2v) is 3.06. The molecule has 13 heavy (non-hydrogen) atoms. The molecule has 0 heterocycles. The zero-order valence-corrected chi connectivity index (χ0v) is 8.01. The molecule has 0 atom stereocenters. The lowest BCUT2D eigenvalue weighted by Gasteiger charge is -2.06. The van der Waals surface area contributed by atoms with Gasteiger partial charge < -0.3 is 16.8 Å². The average molecular weight is 179 g/mol. The van der Waals surface area contributed by atoms with E-state index in [2.05, 4.69) is 12.2 Å². The standard InChI is InChI=1S/C10H17N3/c1-2-13-6-5-8-7-9(11)3-4-10(8)12/h3-4,7,13H,2,5-6,11-12H2,1H3. The van der Waals surface area contributed by atoms with Gasteiger partial charge in [-0.05, 0) is 43.3 Å². The fourth-order valence-electron chi connectivity index (χ4n) is 1.24. The minimum Gasteiger partial charge on any atom is -0.399 e. The van der Waals surface area contributed by atoms with Crippen LogP contribution >= 0.6 is 0 Å². The van der Waals surface area contributed by atoms with Crippen molar-refractivity contribution in [2.45, 2.75) is 13.3 Å². The van der Waals surface area contributed by atoms with Crippen molar-refractivity contribution in [2.24, 2.45) is 0 Å². The van der Waals surface area contributed by atoms with Gasteiger partial charge in [0.1, 0.15) is 0 Å². The summed E-state index contributed by atoms with van der Waals surface area (Å²) in [5, 5.41) is 3.25. The predicted molar refractivity (Wildman–Crippen MR) is 57.5 cm³/mol. The maximum atomic E-state index is 5.79. The lowest BCUT2D eigenvalue weighted by molar-refractivity contribution is 0.717. The molecule has 1 aromatic carbocycles. The highest BCUT2D eigenvalue weighted by molar-refractivity contribution is 5.55. The molecule has 0 aliphatic carbocycles. The Hall–Kier alpha value is -1.22. The Morgan fingerprint density at radius 1 is 1.31 bits per heavy atom. The largest absolute Gasteiger partial charge is 0.399 e. The minimum atomic E-state index is 0.778. The fourth-order valence-corrected chi connectivity index (χ4v) is 1.24. The van der Waals surface area contributed by atoms with Crippen molar-refractivity contribution >= 4 is 11.4 Å². The molecule has 3 nitrogen and oxygen atoms in total. The minimum absolute atomic E-state index is 0.778. The normalized spacial score (nSPS) is 10.2. The molecule has 1 rings (SSSR count). The zero-order chi connectivity index (χ0) is 9.68. The van der Waals surface area contributed by atoms with Crippen molar-refractivity contribution in [3.05, 3.63) is 23.8 Å². The van der Waals surface area contributed by atoms with Crippen LogP contribution in [-0.4, -0.2) is 13.1 Å². The summed E-state index contributed by atoms with van der Waals surface area (Å²) >= 11 is 0. The molecule has 0 saturated carbocycles. The van der Waals surface area contributed by atoms with Crippen molar-refractivity contribution in [3.63, 3.8) is 0 Å². The van der Waals surface area contributed by atoms with E-state index in [0.29, 0.717) is 0 Å². The predicted octanol–water partition coefficient (Wildman–Crippen LogP) is 1.00. The van der Waals surface area contributed by atoms with Gasteiger partial charge in [0.25, 0.3) is 0 Å². The van der Waals surface area contributed by atoms with E-state index in [1.54, 1.807) is 0 Å². The number of nitrogens with two attached hydrogens (primary N) is 2. The van der Waals surface area contributed by atoms with Gasteiger partial charge >= 0.3 is 0 Å². The number of nitrogen functional groups attached to an aromatic ring is 2. The van der Waals surface area contributed by atoms with E-state index in [9.17, 15) is 0 Å². The van der Waals surface area contributed by atoms with E-state index < -0.39 is 0 Å². The lowest BCUT2D eigenvalue weighted by atomic mass is 10.1. The molecule has 5 N–H and O–H groups in total. The molecule has 1 aromatic rings. The fraction of sp³-hybridized carbons (Fsp3) is 0.400. The van der Waals surface area contributed by atoms with Gasteiger partial charge in [-0.25, -0.2) is 0 Å².